The van der Waals surface area contributed by atoms with E-state index in [1.807, 2.05) is 29.2 Å². The topological polar surface area (TPSA) is 42.4 Å². The van der Waals surface area contributed by atoms with Gasteiger partial charge in [-0.2, -0.15) is 0 Å². The average molecular weight is 322 g/mol. The molecular weight excluding hydrogens is 300 g/mol. The van der Waals surface area contributed by atoms with Crippen LogP contribution in [0.5, 0.6) is 0 Å². The summed E-state index contributed by atoms with van der Waals surface area (Å²) in [5.74, 6) is 0.592. The van der Waals surface area contributed by atoms with E-state index in [0.717, 1.165) is 31.7 Å². The molecule has 1 amide bonds. The van der Waals surface area contributed by atoms with E-state index in [2.05, 4.69) is 29.2 Å². The predicted octanol–water partition coefficient (Wildman–Crippen LogP) is 2.80. The number of aromatic nitrogens is 1. The van der Waals surface area contributed by atoms with Crippen LogP contribution in [0.1, 0.15) is 30.0 Å². The third kappa shape index (κ3) is 3.06. The average Bonchev–Trinajstić information content (AvgIpc) is 3.24. The molecule has 0 unspecified atom stereocenters. The number of ether oxygens (including phenoxy) is 1. The molecule has 2 aliphatic heterocycles. The maximum Gasteiger partial charge on any atom is 0.228 e. The zero-order chi connectivity index (χ0) is 16.4. The van der Waals surface area contributed by atoms with Gasteiger partial charge in [-0.1, -0.05) is 36.4 Å². The quantitative estimate of drug-likeness (QED) is 0.873. The van der Waals surface area contributed by atoms with Crippen molar-refractivity contribution in [3.05, 3.63) is 66.0 Å². The van der Waals surface area contributed by atoms with E-state index in [-0.39, 0.29) is 11.5 Å². The number of hydrogen-bond acceptors (Lipinski definition) is 3. The molecule has 3 heterocycles. The van der Waals surface area contributed by atoms with E-state index in [1.165, 1.54) is 5.56 Å². The molecule has 0 N–H and O–H groups in total. The molecule has 24 heavy (non-hydrogen) atoms. The number of rotatable bonds is 3. The Balaban J connectivity index is 1.39. The van der Waals surface area contributed by atoms with E-state index < -0.39 is 0 Å². The Morgan fingerprint density at radius 3 is 2.83 bits per heavy atom. The van der Waals surface area contributed by atoms with Gasteiger partial charge < -0.3 is 9.64 Å². The maximum absolute atomic E-state index is 12.5. The lowest BCUT2D eigenvalue weighted by atomic mass is 9.89. The molecule has 1 spiro atoms. The Hall–Kier alpha value is -2.20. The highest BCUT2D eigenvalue weighted by Gasteiger charge is 2.46. The van der Waals surface area contributed by atoms with Crippen molar-refractivity contribution in [3.8, 4) is 0 Å². The summed E-state index contributed by atoms with van der Waals surface area (Å²) in [6, 6.07) is 16.2. The fraction of sp³-hybridized carbons (Fsp3) is 0.400. The molecule has 1 aromatic carbocycles. The van der Waals surface area contributed by atoms with Crippen molar-refractivity contribution in [2.75, 3.05) is 19.7 Å². The van der Waals surface area contributed by atoms with Crippen LogP contribution in [-0.4, -0.2) is 41.1 Å². The Bertz CT molecular complexity index is 704. The largest absolute Gasteiger partial charge is 0.372 e. The van der Waals surface area contributed by atoms with E-state index in [1.54, 1.807) is 6.20 Å². The fourth-order valence-corrected chi connectivity index (χ4v) is 3.89. The molecule has 0 radical (unpaired) electrons. The van der Waals surface area contributed by atoms with E-state index in [9.17, 15) is 4.79 Å². The molecule has 0 saturated carbocycles. The van der Waals surface area contributed by atoms with Gasteiger partial charge in [0.05, 0.1) is 18.6 Å². The first kappa shape index (κ1) is 15.3. The molecule has 4 heteroatoms. The van der Waals surface area contributed by atoms with Gasteiger partial charge in [-0.3, -0.25) is 9.78 Å². The van der Waals surface area contributed by atoms with E-state index in [0.29, 0.717) is 18.9 Å². The highest BCUT2D eigenvalue weighted by Crippen LogP contribution is 2.42. The highest BCUT2D eigenvalue weighted by atomic mass is 16.5. The molecule has 2 saturated heterocycles. The summed E-state index contributed by atoms with van der Waals surface area (Å²) in [5.41, 5.74) is 2.02. The Labute approximate surface area is 142 Å². The zero-order valence-corrected chi connectivity index (χ0v) is 13.7. The lowest BCUT2D eigenvalue weighted by Gasteiger charge is -2.23. The summed E-state index contributed by atoms with van der Waals surface area (Å²) in [6.07, 6.45) is 4.05. The number of likely N-dealkylation sites (tertiary alicyclic amines) is 1. The first-order valence-corrected chi connectivity index (χ1v) is 8.61. The standard InChI is InChI=1S/C20H22N2O2/c23-19(12-18-8-4-5-10-21-18)22-11-9-20(15-22)13-17(14-24-20)16-6-2-1-3-7-16/h1-8,10,17H,9,11-15H2/t17-,20-/m0/s1. The minimum atomic E-state index is -0.152. The molecule has 124 valence electrons. The van der Waals surface area contributed by atoms with Gasteiger partial charge in [-0.25, -0.2) is 0 Å². The molecule has 0 bridgehead atoms. The summed E-state index contributed by atoms with van der Waals surface area (Å²) >= 11 is 0. The van der Waals surface area contributed by atoms with Crippen molar-refractivity contribution in [2.24, 2.45) is 0 Å². The van der Waals surface area contributed by atoms with Crippen LogP contribution in [-0.2, 0) is 16.0 Å². The molecule has 4 nitrogen and oxygen atoms in total. The molecule has 1 aromatic heterocycles. The van der Waals surface area contributed by atoms with Crippen molar-refractivity contribution in [2.45, 2.75) is 30.8 Å². The van der Waals surface area contributed by atoms with Crippen LogP contribution in [0.15, 0.2) is 54.7 Å². The number of carbonyl (C=O) groups excluding carboxylic acids is 1. The zero-order valence-electron chi connectivity index (χ0n) is 13.7. The lowest BCUT2D eigenvalue weighted by Crippen LogP contribution is -2.36. The maximum atomic E-state index is 12.5. The Kier molecular flexibility index (Phi) is 4.07. The molecule has 2 aromatic rings. The Morgan fingerprint density at radius 2 is 2.04 bits per heavy atom. The van der Waals surface area contributed by atoms with E-state index >= 15 is 0 Å². The smallest absolute Gasteiger partial charge is 0.228 e. The van der Waals surface area contributed by atoms with Gasteiger partial charge in [0.1, 0.15) is 0 Å². The van der Waals surface area contributed by atoms with Crippen molar-refractivity contribution < 1.29 is 9.53 Å². The molecule has 4 rings (SSSR count). The summed E-state index contributed by atoms with van der Waals surface area (Å²) in [4.78, 5) is 18.7. The van der Waals surface area contributed by atoms with Crippen LogP contribution in [0.4, 0.5) is 0 Å². The predicted molar refractivity (Wildman–Crippen MR) is 91.6 cm³/mol. The van der Waals surface area contributed by atoms with Crippen LogP contribution in [0.25, 0.3) is 0 Å². The second-order valence-electron chi connectivity index (χ2n) is 6.87. The molecule has 2 atom stereocenters. The third-order valence-corrected chi connectivity index (χ3v) is 5.21. The molecule has 2 fully saturated rings. The number of hydrogen-bond donors (Lipinski definition) is 0. The van der Waals surface area contributed by atoms with Gasteiger partial charge in [0.2, 0.25) is 5.91 Å². The second-order valence-corrected chi connectivity index (χ2v) is 6.87. The third-order valence-electron chi connectivity index (χ3n) is 5.21. The molecular formula is C20H22N2O2. The minimum Gasteiger partial charge on any atom is -0.372 e. The van der Waals surface area contributed by atoms with Gasteiger partial charge in [0.25, 0.3) is 0 Å². The van der Waals surface area contributed by atoms with Crippen molar-refractivity contribution in [1.29, 1.82) is 0 Å². The number of amides is 1. The fourth-order valence-electron chi connectivity index (χ4n) is 3.89. The van der Waals surface area contributed by atoms with Gasteiger partial charge in [0, 0.05) is 30.9 Å². The van der Waals surface area contributed by atoms with Gasteiger partial charge in [0.15, 0.2) is 0 Å². The van der Waals surface area contributed by atoms with E-state index in [4.69, 9.17) is 4.74 Å². The first-order chi connectivity index (χ1) is 11.7. The van der Waals surface area contributed by atoms with Gasteiger partial charge in [-0.15, -0.1) is 0 Å². The highest BCUT2D eigenvalue weighted by molar-refractivity contribution is 5.78. The second kappa shape index (κ2) is 6.36. The summed E-state index contributed by atoms with van der Waals surface area (Å²) in [6.45, 7) is 2.25. The van der Waals surface area contributed by atoms with Crippen molar-refractivity contribution in [3.63, 3.8) is 0 Å². The summed E-state index contributed by atoms with van der Waals surface area (Å²) in [7, 11) is 0. The lowest BCUT2D eigenvalue weighted by molar-refractivity contribution is -0.130. The monoisotopic (exact) mass is 322 g/mol. The molecule has 0 aliphatic carbocycles. The number of carbonyl (C=O) groups is 1. The molecule has 2 aliphatic rings. The normalized spacial score (nSPS) is 26.2. The van der Waals surface area contributed by atoms with Crippen LogP contribution in [0.3, 0.4) is 0 Å². The first-order valence-electron chi connectivity index (χ1n) is 8.61. The Morgan fingerprint density at radius 1 is 1.21 bits per heavy atom. The number of pyridine rings is 1. The minimum absolute atomic E-state index is 0.150. The van der Waals surface area contributed by atoms with Crippen molar-refractivity contribution in [1.82, 2.24) is 9.88 Å². The summed E-state index contributed by atoms with van der Waals surface area (Å²) < 4.78 is 6.19. The van der Waals surface area contributed by atoms with Crippen LogP contribution < -0.4 is 0 Å². The van der Waals surface area contributed by atoms with Gasteiger partial charge in [-0.05, 0) is 30.5 Å². The summed E-state index contributed by atoms with van der Waals surface area (Å²) in [5, 5.41) is 0. The van der Waals surface area contributed by atoms with Gasteiger partial charge >= 0.3 is 0 Å². The number of benzene rings is 1. The van der Waals surface area contributed by atoms with Crippen LogP contribution >= 0.6 is 0 Å². The van der Waals surface area contributed by atoms with Crippen LogP contribution in [0, 0.1) is 0 Å². The number of nitrogens with zero attached hydrogens (tertiary/aromatic N) is 2. The van der Waals surface area contributed by atoms with Crippen molar-refractivity contribution >= 4 is 5.91 Å². The SMILES string of the molecule is O=C(Cc1ccccn1)N1CC[C@]2(C[C@H](c3ccccc3)CO2)C1. The van der Waals surface area contributed by atoms with Crippen LogP contribution in [0.2, 0.25) is 0 Å².